The number of hydrogen-bond donors (Lipinski definition) is 2. The van der Waals surface area contributed by atoms with E-state index in [1.165, 1.54) is 10.5 Å². The number of carbonyl (C=O) groups is 1. The van der Waals surface area contributed by atoms with Crippen LogP contribution in [0.5, 0.6) is 11.5 Å². The van der Waals surface area contributed by atoms with E-state index in [1.54, 1.807) is 18.2 Å². The van der Waals surface area contributed by atoms with Gasteiger partial charge in [0.25, 0.3) is 0 Å². The maximum atomic E-state index is 11.3. The van der Waals surface area contributed by atoms with Crippen molar-refractivity contribution in [3.63, 3.8) is 0 Å². The summed E-state index contributed by atoms with van der Waals surface area (Å²) in [4.78, 5) is 12.7. The molecule has 0 saturated carbocycles. The maximum absolute atomic E-state index is 11.3. The Kier molecular flexibility index (Phi) is 4.36. The van der Waals surface area contributed by atoms with Crippen LogP contribution in [0.25, 0.3) is 0 Å². The molecule has 1 amide bonds. The van der Waals surface area contributed by atoms with Crippen molar-refractivity contribution in [3.05, 3.63) is 53.1 Å². The predicted octanol–water partition coefficient (Wildman–Crippen LogP) is 2.95. The number of primary amides is 1. The van der Waals surface area contributed by atoms with Gasteiger partial charge in [0, 0.05) is 28.3 Å². The second kappa shape index (κ2) is 6.42. The molecule has 0 aromatic heterocycles. The van der Waals surface area contributed by atoms with Crippen LogP contribution in [0, 0.1) is 0 Å². The Morgan fingerprint density at radius 2 is 2.18 bits per heavy atom. The van der Waals surface area contributed by atoms with Crippen LogP contribution in [0.1, 0.15) is 21.5 Å². The first kappa shape index (κ1) is 14.9. The molecular weight excluding hydrogens is 296 g/mol. The van der Waals surface area contributed by atoms with Gasteiger partial charge in [-0.3, -0.25) is 4.79 Å². The fourth-order valence-electron chi connectivity index (χ4n) is 2.51. The Hall–Kier alpha value is -1.98. The SMILES string of the molecule is CNCc1cc(C(N)=O)ccc1Oc1ccc2c(c1)CCS2. The normalized spacial score (nSPS) is 13.0. The molecule has 0 spiro atoms. The van der Waals surface area contributed by atoms with E-state index in [1.807, 2.05) is 24.9 Å². The average molecular weight is 314 g/mol. The van der Waals surface area contributed by atoms with Crippen LogP contribution >= 0.6 is 11.8 Å². The van der Waals surface area contributed by atoms with Crippen molar-refractivity contribution in [2.45, 2.75) is 17.9 Å². The Bertz CT molecular complexity index is 716. The highest BCUT2D eigenvalue weighted by molar-refractivity contribution is 7.99. The average Bonchev–Trinajstić information content (AvgIpc) is 2.96. The predicted molar refractivity (Wildman–Crippen MR) is 88.7 cm³/mol. The van der Waals surface area contributed by atoms with Gasteiger partial charge in [0.2, 0.25) is 5.91 Å². The summed E-state index contributed by atoms with van der Waals surface area (Å²) in [5, 5.41) is 3.08. The fraction of sp³-hybridized carbons (Fsp3) is 0.235. The van der Waals surface area contributed by atoms with Gasteiger partial charge in [0.1, 0.15) is 11.5 Å². The zero-order valence-corrected chi connectivity index (χ0v) is 13.2. The number of aryl methyl sites for hydroxylation is 1. The van der Waals surface area contributed by atoms with E-state index in [0.29, 0.717) is 12.1 Å². The summed E-state index contributed by atoms with van der Waals surface area (Å²) in [6, 6.07) is 11.5. The molecule has 114 valence electrons. The molecule has 0 aliphatic carbocycles. The highest BCUT2D eigenvalue weighted by atomic mass is 32.2. The minimum atomic E-state index is -0.432. The third-order valence-corrected chi connectivity index (χ3v) is 4.72. The van der Waals surface area contributed by atoms with Crippen molar-refractivity contribution in [2.24, 2.45) is 5.73 Å². The summed E-state index contributed by atoms with van der Waals surface area (Å²) >= 11 is 1.88. The van der Waals surface area contributed by atoms with Gasteiger partial charge in [0.05, 0.1) is 0 Å². The number of benzene rings is 2. The molecule has 2 aromatic carbocycles. The van der Waals surface area contributed by atoms with Gasteiger partial charge in [-0.1, -0.05) is 0 Å². The highest BCUT2D eigenvalue weighted by Crippen LogP contribution is 2.35. The van der Waals surface area contributed by atoms with E-state index >= 15 is 0 Å². The fourth-order valence-corrected chi connectivity index (χ4v) is 3.57. The summed E-state index contributed by atoms with van der Waals surface area (Å²) in [6.45, 7) is 0.608. The molecule has 5 heteroatoms. The molecule has 1 aliphatic rings. The van der Waals surface area contributed by atoms with Crippen LogP contribution in [0.3, 0.4) is 0 Å². The van der Waals surface area contributed by atoms with E-state index in [-0.39, 0.29) is 0 Å². The molecule has 3 rings (SSSR count). The second-order valence-electron chi connectivity index (χ2n) is 5.19. The molecular formula is C17H18N2O2S. The van der Waals surface area contributed by atoms with E-state index in [2.05, 4.69) is 17.4 Å². The Morgan fingerprint density at radius 1 is 1.32 bits per heavy atom. The number of ether oxygens (including phenoxy) is 1. The molecule has 0 saturated heterocycles. The van der Waals surface area contributed by atoms with Gasteiger partial charge in [0.15, 0.2) is 0 Å². The Labute approximate surface area is 134 Å². The minimum absolute atomic E-state index is 0.432. The number of hydrogen-bond acceptors (Lipinski definition) is 4. The molecule has 3 N–H and O–H groups in total. The maximum Gasteiger partial charge on any atom is 0.248 e. The lowest BCUT2D eigenvalue weighted by Crippen LogP contribution is -2.13. The van der Waals surface area contributed by atoms with Crippen LogP contribution in [-0.4, -0.2) is 18.7 Å². The first-order valence-corrected chi connectivity index (χ1v) is 8.17. The smallest absolute Gasteiger partial charge is 0.248 e. The van der Waals surface area contributed by atoms with Gasteiger partial charge in [-0.05, 0) is 55.4 Å². The summed E-state index contributed by atoms with van der Waals surface area (Å²) in [5.74, 6) is 2.27. The lowest BCUT2D eigenvalue weighted by Gasteiger charge is -2.13. The zero-order chi connectivity index (χ0) is 15.5. The molecule has 0 bridgehead atoms. The number of carbonyl (C=O) groups excluding carboxylic acids is 1. The molecule has 0 unspecified atom stereocenters. The third-order valence-electron chi connectivity index (χ3n) is 3.60. The molecule has 4 nitrogen and oxygen atoms in total. The highest BCUT2D eigenvalue weighted by Gasteiger charge is 2.13. The van der Waals surface area contributed by atoms with E-state index < -0.39 is 5.91 Å². The van der Waals surface area contributed by atoms with Gasteiger partial charge in [-0.25, -0.2) is 0 Å². The van der Waals surface area contributed by atoms with Crippen LogP contribution in [0.4, 0.5) is 0 Å². The van der Waals surface area contributed by atoms with E-state index in [0.717, 1.165) is 29.2 Å². The summed E-state index contributed by atoms with van der Waals surface area (Å²) < 4.78 is 6.02. The van der Waals surface area contributed by atoms with Gasteiger partial charge in [-0.15, -0.1) is 11.8 Å². The number of thioether (sulfide) groups is 1. The Morgan fingerprint density at radius 3 is 2.95 bits per heavy atom. The zero-order valence-electron chi connectivity index (χ0n) is 12.4. The summed E-state index contributed by atoms with van der Waals surface area (Å²) in [7, 11) is 1.85. The van der Waals surface area contributed by atoms with Crippen molar-refractivity contribution in [3.8, 4) is 11.5 Å². The van der Waals surface area contributed by atoms with Crippen LogP contribution < -0.4 is 15.8 Å². The second-order valence-corrected chi connectivity index (χ2v) is 6.32. The van der Waals surface area contributed by atoms with Gasteiger partial charge >= 0.3 is 0 Å². The van der Waals surface area contributed by atoms with Crippen molar-refractivity contribution in [1.29, 1.82) is 0 Å². The van der Waals surface area contributed by atoms with Crippen molar-refractivity contribution in [2.75, 3.05) is 12.8 Å². The quantitative estimate of drug-likeness (QED) is 0.890. The molecule has 0 atom stereocenters. The minimum Gasteiger partial charge on any atom is -0.457 e. The lowest BCUT2D eigenvalue weighted by molar-refractivity contribution is 0.1000. The van der Waals surface area contributed by atoms with Crippen molar-refractivity contribution in [1.82, 2.24) is 5.32 Å². The van der Waals surface area contributed by atoms with E-state index in [9.17, 15) is 4.79 Å². The number of rotatable bonds is 5. The van der Waals surface area contributed by atoms with Crippen LogP contribution in [0.2, 0.25) is 0 Å². The van der Waals surface area contributed by atoms with Crippen LogP contribution in [-0.2, 0) is 13.0 Å². The van der Waals surface area contributed by atoms with Crippen molar-refractivity contribution >= 4 is 17.7 Å². The number of amides is 1. The third kappa shape index (κ3) is 3.10. The number of nitrogens with one attached hydrogen (secondary N) is 1. The monoisotopic (exact) mass is 314 g/mol. The molecule has 0 radical (unpaired) electrons. The number of fused-ring (bicyclic) bond motifs is 1. The standard InChI is InChI=1S/C17H18N2O2S/c1-19-10-13-8-12(17(18)20)2-4-15(13)21-14-3-5-16-11(9-14)6-7-22-16/h2-5,8-9,19H,6-7,10H2,1H3,(H2,18,20). The molecule has 1 aliphatic heterocycles. The first-order valence-electron chi connectivity index (χ1n) is 7.18. The Balaban J connectivity index is 1.89. The van der Waals surface area contributed by atoms with Gasteiger partial charge in [-0.2, -0.15) is 0 Å². The molecule has 1 heterocycles. The van der Waals surface area contributed by atoms with Crippen molar-refractivity contribution < 1.29 is 9.53 Å². The topological polar surface area (TPSA) is 64.3 Å². The molecule has 22 heavy (non-hydrogen) atoms. The summed E-state index contributed by atoms with van der Waals surface area (Å²) in [5.41, 5.74) is 8.08. The first-order chi connectivity index (χ1) is 10.7. The molecule has 2 aromatic rings. The van der Waals surface area contributed by atoms with E-state index in [4.69, 9.17) is 10.5 Å². The van der Waals surface area contributed by atoms with Crippen LogP contribution in [0.15, 0.2) is 41.3 Å². The van der Waals surface area contributed by atoms with Gasteiger partial charge < -0.3 is 15.8 Å². The lowest BCUT2D eigenvalue weighted by atomic mass is 10.1. The largest absolute Gasteiger partial charge is 0.457 e. The number of nitrogens with two attached hydrogens (primary N) is 1. The summed E-state index contributed by atoms with van der Waals surface area (Å²) in [6.07, 6.45) is 1.08. The molecule has 0 fully saturated rings.